The van der Waals surface area contributed by atoms with Crippen molar-refractivity contribution in [3.05, 3.63) is 35.9 Å². The van der Waals surface area contributed by atoms with Gasteiger partial charge in [0.15, 0.2) is 0 Å². The molecule has 0 heterocycles. The highest BCUT2D eigenvalue weighted by molar-refractivity contribution is 5.19. The molecule has 0 aromatic heterocycles. The summed E-state index contributed by atoms with van der Waals surface area (Å²) in [6.45, 7) is 1.13. The molecule has 0 bridgehead atoms. The van der Waals surface area contributed by atoms with Crippen LogP contribution < -0.4 is 0 Å². The Kier molecular flexibility index (Phi) is 3.23. The zero-order chi connectivity index (χ0) is 8.97. The van der Waals surface area contributed by atoms with Crippen molar-refractivity contribution >= 4 is 0 Å². The van der Waals surface area contributed by atoms with E-state index in [1.165, 1.54) is 0 Å². The van der Waals surface area contributed by atoms with Gasteiger partial charge >= 0.3 is 0 Å². The van der Waals surface area contributed by atoms with Crippen LogP contribution in [0.3, 0.4) is 0 Å². The Morgan fingerprint density at radius 2 is 1.92 bits per heavy atom. The lowest BCUT2D eigenvalue weighted by molar-refractivity contribution is 0.117. The van der Waals surface area contributed by atoms with Crippen LogP contribution in [0.5, 0.6) is 0 Å². The Labute approximate surface area is 71.9 Å². The van der Waals surface area contributed by atoms with Crippen molar-refractivity contribution in [3.8, 4) is 0 Å². The third kappa shape index (κ3) is 2.05. The molecular formula is C10H13FO. The van der Waals surface area contributed by atoms with Crippen LogP contribution >= 0.6 is 0 Å². The van der Waals surface area contributed by atoms with E-state index >= 15 is 0 Å². The first-order chi connectivity index (χ1) is 5.75. The van der Waals surface area contributed by atoms with E-state index in [0.717, 1.165) is 5.56 Å². The molecule has 0 radical (unpaired) electrons. The smallest absolute Gasteiger partial charge is 0.116 e. The molecule has 0 saturated heterocycles. The van der Waals surface area contributed by atoms with Crippen molar-refractivity contribution in [2.24, 2.45) is 0 Å². The third-order valence-corrected chi connectivity index (χ3v) is 2.06. The van der Waals surface area contributed by atoms with E-state index in [4.69, 9.17) is 0 Å². The number of hydrogen-bond acceptors (Lipinski definition) is 1. The number of hydrogen-bond donors (Lipinski definition) is 1. The Balaban J connectivity index is 2.71. The summed E-state index contributed by atoms with van der Waals surface area (Å²) in [5, 5.41) is 9.20. The largest absolute Gasteiger partial charge is 0.390 e. The second-order valence-electron chi connectivity index (χ2n) is 2.92. The van der Waals surface area contributed by atoms with Gasteiger partial charge in [0.2, 0.25) is 0 Å². The molecule has 0 amide bonds. The highest BCUT2D eigenvalue weighted by atomic mass is 19.1. The molecule has 0 aliphatic rings. The third-order valence-electron chi connectivity index (χ3n) is 2.06. The molecule has 12 heavy (non-hydrogen) atoms. The summed E-state index contributed by atoms with van der Waals surface area (Å²) >= 11 is 0. The van der Waals surface area contributed by atoms with Gasteiger partial charge in [0.25, 0.3) is 0 Å². The molecule has 2 heteroatoms. The Bertz CT molecular complexity index is 223. The van der Waals surface area contributed by atoms with Gasteiger partial charge in [0.05, 0.1) is 6.10 Å². The summed E-state index contributed by atoms with van der Waals surface area (Å²) in [5.74, 6) is -0.129. The Morgan fingerprint density at radius 3 is 2.42 bits per heavy atom. The van der Waals surface area contributed by atoms with E-state index in [-0.39, 0.29) is 5.92 Å². The molecule has 0 saturated carbocycles. The molecule has 1 aromatic carbocycles. The van der Waals surface area contributed by atoms with Gasteiger partial charge in [-0.05, 0) is 5.56 Å². The maximum absolute atomic E-state index is 12.1. The van der Waals surface area contributed by atoms with Gasteiger partial charge in [-0.3, -0.25) is 0 Å². The predicted molar refractivity (Wildman–Crippen MR) is 46.8 cm³/mol. The number of alkyl halides is 1. The number of aliphatic hydroxyl groups is 1. The zero-order valence-electron chi connectivity index (χ0n) is 7.07. The van der Waals surface area contributed by atoms with E-state index in [9.17, 15) is 9.50 Å². The van der Waals surface area contributed by atoms with Crippen molar-refractivity contribution < 1.29 is 9.50 Å². The molecule has 0 unspecified atom stereocenters. The standard InChI is InChI=1S/C10H13FO/c1-8(10(12)7-11)9-5-3-2-4-6-9/h2-6,8,10,12H,7H2,1H3/t8-,10+/m1/s1. The van der Waals surface area contributed by atoms with Gasteiger partial charge in [-0.1, -0.05) is 37.3 Å². The van der Waals surface area contributed by atoms with Crippen molar-refractivity contribution in [1.82, 2.24) is 0 Å². The quantitative estimate of drug-likeness (QED) is 0.733. The van der Waals surface area contributed by atoms with E-state index in [1.54, 1.807) is 0 Å². The second-order valence-corrected chi connectivity index (χ2v) is 2.92. The van der Waals surface area contributed by atoms with Gasteiger partial charge in [-0.25, -0.2) is 4.39 Å². The first-order valence-corrected chi connectivity index (χ1v) is 4.04. The maximum atomic E-state index is 12.1. The number of halogens is 1. The lowest BCUT2D eigenvalue weighted by Crippen LogP contribution is -2.17. The Morgan fingerprint density at radius 1 is 1.33 bits per heavy atom. The van der Waals surface area contributed by atoms with Crippen molar-refractivity contribution in [3.63, 3.8) is 0 Å². The minimum atomic E-state index is -0.882. The normalized spacial score (nSPS) is 15.6. The fraction of sp³-hybridized carbons (Fsp3) is 0.400. The van der Waals surface area contributed by atoms with E-state index in [0.29, 0.717) is 0 Å². The minimum Gasteiger partial charge on any atom is -0.390 e. The van der Waals surface area contributed by atoms with Gasteiger partial charge < -0.3 is 5.11 Å². The average molecular weight is 168 g/mol. The van der Waals surface area contributed by atoms with Crippen LogP contribution in [0, 0.1) is 0 Å². The van der Waals surface area contributed by atoms with Crippen LogP contribution in [-0.4, -0.2) is 17.9 Å². The minimum absolute atomic E-state index is 0.129. The van der Waals surface area contributed by atoms with Crippen LogP contribution in [0.4, 0.5) is 4.39 Å². The van der Waals surface area contributed by atoms with Gasteiger partial charge in [-0.2, -0.15) is 0 Å². The maximum Gasteiger partial charge on any atom is 0.116 e. The SMILES string of the molecule is C[C@H](c1ccccc1)[C@@H](O)CF. The zero-order valence-corrected chi connectivity index (χ0v) is 7.07. The van der Waals surface area contributed by atoms with Crippen LogP contribution in [0.25, 0.3) is 0 Å². The number of benzene rings is 1. The van der Waals surface area contributed by atoms with E-state index in [2.05, 4.69) is 0 Å². The average Bonchev–Trinajstić information content (AvgIpc) is 2.17. The molecule has 0 fully saturated rings. The molecule has 66 valence electrons. The second kappa shape index (κ2) is 4.21. The monoisotopic (exact) mass is 168 g/mol. The fourth-order valence-corrected chi connectivity index (χ4v) is 1.11. The molecule has 1 N–H and O–H groups in total. The topological polar surface area (TPSA) is 20.2 Å². The number of aliphatic hydroxyl groups excluding tert-OH is 1. The van der Waals surface area contributed by atoms with E-state index < -0.39 is 12.8 Å². The van der Waals surface area contributed by atoms with E-state index in [1.807, 2.05) is 37.3 Å². The first-order valence-electron chi connectivity index (χ1n) is 4.04. The van der Waals surface area contributed by atoms with Crippen molar-refractivity contribution in [2.75, 3.05) is 6.67 Å². The molecule has 2 atom stereocenters. The molecule has 1 aromatic rings. The van der Waals surface area contributed by atoms with Crippen molar-refractivity contribution in [1.29, 1.82) is 0 Å². The lowest BCUT2D eigenvalue weighted by Gasteiger charge is -2.15. The lowest BCUT2D eigenvalue weighted by atomic mass is 9.96. The molecule has 1 rings (SSSR count). The Hall–Kier alpha value is -0.890. The molecule has 1 nitrogen and oxygen atoms in total. The van der Waals surface area contributed by atoms with Gasteiger partial charge in [0.1, 0.15) is 6.67 Å². The molecule has 0 aliphatic carbocycles. The molecule has 0 spiro atoms. The van der Waals surface area contributed by atoms with Gasteiger partial charge in [0, 0.05) is 5.92 Å². The van der Waals surface area contributed by atoms with Crippen LogP contribution in [0.2, 0.25) is 0 Å². The molecule has 0 aliphatic heterocycles. The summed E-state index contributed by atoms with van der Waals surface area (Å²) in [6, 6.07) is 9.46. The predicted octanol–water partition coefficient (Wildman–Crippen LogP) is 2.12. The van der Waals surface area contributed by atoms with Crippen LogP contribution in [0.1, 0.15) is 18.4 Å². The first kappa shape index (κ1) is 9.20. The summed E-state index contributed by atoms with van der Waals surface area (Å²) in [5.41, 5.74) is 0.975. The highest BCUT2D eigenvalue weighted by Gasteiger charge is 2.14. The fourth-order valence-electron chi connectivity index (χ4n) is 1.11. The number of rotatable bonds is 3. The highest BCUT2D eigenvalue weighted by Crippen LogP contribution is 2.18. The summed E-state index contributed by atoms with van der Waals surface area (Å²) < 4.78 is 12.1. The summed E-state index contributed by atoms with van der Waals surface area (Å²) in [4.78, 5) is 0. The summed E-state index contributed by atoms with van der Waals surface area (Å²) in [7, 11) is 0. The van der Waals surface area contributed by atoms with Crippen molar-refractivity contribution in [2.45, 2.75) is 18.9 Å². The van der Waals surface area contributed by atoms with Gasteiger partial charge in [-0.15, -0.1) is 0 Å². The van der Waals surface area contributed by atoms with Crippen LogP contribution in [-0.2, 0) is 0 Å². The molecular weight excluding hydrogens is 155 g/mol. The summed E-state index contributed by atoms with van der Waals surface area (Å²) in [6.07, 6.45) is -0.882. The van der Waals surface area contributed by atoms with Crippen LogP contribution in [0.15, 0.2) is 30.3 Å².